The number of hydrogen-bond donors (Lipinski definition) is 1. The van der Waals surface area contributed by atoms with Crippen LogP contribution in [0, 0.1) is 0 Å². The van der Waals surface area contributed by atoms with Gasteiger partial charge >= 0.3 is 6.03 Å². The Kier molecular flexibility index (Phi) is 3.51. The fraction of sp³-hybridized carbons (Fsp3) is 0.818. The molecule has 0 spiro atoms. The number of carbonyl (C=O) groups is 2. The average molecular weight is 240 g/mol. The average Bonchev–Trinajstić information content (AvgIpc) is 2.64. The molecule has 96 valence electrons. The topological polar surface area (TPSA) is 55.9 Å². The molecule has 0 bridgehead atoms. The van der Waals surface area contributed by atoms with Crippen molar-refractivity contribution in [2.45, 2.75) is 12.5 Å². The number of nitrogens with zero attached hydrogens (tertiary/aromatic N) is 3. The molecular formula is C11H20N4O2. The molecule has 1 N–H and O–H groups in total. The Labute approximate surface area is 102 Å². The predicted molar refractivity (Wildman–Crippen MR) is 63.6 cm³/mol. The van der Waals surface area contributed by atoms with E-state index in [1.165, 1.54) is 0 Å². The second-order valence-electron chi connectivity index (χ2n) is 4.82. The Bertz CT molecular complexity index is 319. The molecule has 2 fully saturated rings. The zero-order valence-electron chi connectivity index (χ0n) is 10.5. The highest BCUT2D eigenvalue weighted by Crippen LogP contribution is 2.17. The molecule has 1 atom stereocenters. The molecule has 2 heterocycles. The summed E-state index contributed by atoms with van der Waals surface area (Å²) in [5.74, 6) is 0.0702. The van der Waals surface area contributed by atoms with E-state index in [0.29, 0.717) is 13.0 Å². The highest BCUT2D eigenvalue weighted by Gasteiger charge is 2.38. The summed E-state index contributed by atoms with van der Waals surface area (Å²) in [4.78, 5) is 28.8. The van der Waals surface area contributed by atoms with Gasteiger partial charge in [0.15, 0.2) is 0 Å². The van der Waals surface area contributed by atoms with E-state index in [9.17, 15) is 9.59 Å². The Morgan fingerprint density at radius 1 is 1.53 bits per heavy atom. The minimum Gasteiger partial charge on any atom is -0.349 e. The van der Waals surface area contributed by atoms with Crippen LogP contribution in [0.15, 0.2) is 0 Å². The third-order valence-electron chi connectivity index (χ3n) is 3.39. The Balaban J connectivity index is 1.86. The lowest BCUT2D eigenvalue weighted by Gasteiger charge is -2.28. The third kappa shape index (κ3) is 2.52. The standard InChI is InChI=1S/C11H20N4O2/c1-13(2)10(16)3-5-14-8-9-7-12-4-6-15(9)11(14)17/h9,12H,3-8H2,1-2H3. The van der Waals surface area contributed by atoms with Crippen molar-refractivity contribution in [1.29, 1.82) is 0 Å². The normalized spacial score (nSPS) is 23.9. The predicted octanol–water partition coefficient (Wildman–Crippen LogP) is -0.826. The van der Waals surface area contributed by atoms with Crippen LogP contribution in [0.3, 0.4) is 0 Å². The molecule has 6 nitrogen and oxygen atoms in total. The molecule has 2 rings (SSSR count). The van der Waals surface area contributed by atoms with Crippen molar-refractivity contribution in [2.24, 2.45) is 0 Å². The molecule has 0 radical (unpaired) electrons. The molecule has 2 aliphatic rings. The van der Waals surface area contributed by atoms with Gasteiger partial charge in [0, 0.05) is 53.2 Å². The molecule has 2 saturated heterocycles. The largest absolute Gasteiger partial charge is 0.349 e. The summed E-state index contributed by atoms with van der Waals surface area (Å²) < 4.78 is 0. The smallest absolute Gasteiger partial charge is 0.320 e. The quantitative estimate of drug-likeness (QED) is 0.701. The van der Waals surface area contributed by atoms with Crippen LogP contribution in [0.4, 0.5) is 4.79 Å². The van der Waals surface area contributed by atoms with Crippen LogP contribution >= 0.6 is 0 Å². The van der Waals surface area contributed by atoms with E-state index in [4.69, 9.17) is 0 Å². The van der Waals surface area contributed by atoms with Crippen LogP contribution in [-0.2, 0) is 4.79 Å². The van der Waals surface area contributed by atoms with Crippen LogP contribution in [0.25, 0.3) is 0 Å². The number of urea groups is 1. The first-order valence-corrected chi connectivity index (χ1v) is 6.06. The maximum atomic E-state index is 12.0. The van der Waals surface area contributed by atoms with E-state index in [0.717, 1.165) is 26.2 Å². The van der Waals surface area contributed by atoms with Gasteiger partial charge in [0.05, 0.1) is 6.04 Å². The number of carbonyl (C=O) groups excluding carboxylic acids is 2. The highest BCUT2D eigenvalue weighted by molar-refractivity contribution is 5.79. The number of fused-ring (bicyclic) bond motifs is 1. The van der Waals surface area contributed by atoms with Crippen molar-refractivity contribution in [3.63, 3.8) is 0 Å². The van der Waals surface area contributed by atoms with Crippen molar-refractivity contribution < 1.29 is 9.59 Å². The van der Waals surface area contributed by atoms with E-state index < -0.39 is 0 Å². The van der Waals surface area contributed by atoms with Gasteiger partial charge < -0.3 is 20.0 Å². The molecule has 17 heavy (non-hydrogen) atoms. The Hall–Kier alpha value is -1.30. The van der Waals surface area contributed by atoms with Crippen molar-refractivity contribution in [1.82, 2.24) is 20.0 Å². The van der Waals surface area contributed by atoms with Crippen molar-refractivity contribution >= 4 is 11.9 Å². The summed E-state index contributed by atoms with van der Waals surface area (Å²) in [5, 5.41) is 3.28. The summed E-state index contributed by atoms with van der Waals surface area (Å²) in [5.41, 5.74) is 0. The first kappa shape index (κ1) is 12.2. The van der Waals surface area contributed by atoms with Crippen LogP contribution < -0.4 is 5.32 Å². The number of rotatable bonds is 3. The van der Waals surface area contributed by atoms with Gasteiger partial charge in [-0.25, -0.2) is 4.79 Å². The zero-order valence-corrected chi connectivity index (χ0v) is 10.5. The van der Waals surface area contributed by atoms with Gasteiger partial charge in [0.2, 0.25) is 5.91 Å². The summed E-state index contributed by atoms with van der Waals surface area (Å²) in [6.45, 7) is 3.79. The molecule has 6 heteroatoms. The van der Waals surface area contributed by atoms with Crippen LogP contribution in [0.5, 0.6) is 0 Å². The monoisotopic (exact) mass is 240 g/mol. The highest BCUT2D eigenvalue weighted by atomic mass is 16.2. The van der Waals surface area contributed by atoms with Gasteiger partial charge in [0.25, 0.3) is 0 Å². The molecule has 1 unspecified atom stereocenters. The fourth-order valence-electron chi connectivity index (χ4n) is 2.33. The number of hydrogen-bond acceptors (Lipinski definition) is 3. The van der Waals surface area contributed by atoms with E-state index >= 15 is 0 Å². The maximum absolute atomic E-state index is 12.0. The molecular weight excluding hydrogens is 220 g/mol. The Morgan fingerprint density at radius 2 is 2.29 bits per heavy atom. The first-order chi connectivity index (χ1) is 8.09. The molecule has 3 amide bonds. The minimum absolute atomic E-state index is 0.0702. The number of nitrogens with one attached hydrogen (secondary N) is 1. The molecule has 0 saturated carbocycles. The summed E-state index contributed by atoms with van der Waals surface area (Å²) >= 11 is 0. The minimum atomic E-state index is 0.0702. The van der Waals surface area contributed by atoms with Gasteiger partial charge in [0.1, 0.15) is 0 Å². The van der Waals surface area contributed by atoms with Crippen LogP contribution in [-0.4, -0.2) is 79.5 Å². The molecule has 0 aliphatic carbocycles. The molecule has 0 aromatic carbocycles. The van der Waals surface area contributed by atoms with E-state index in [1.807, 2.05) is 4.90 Å². The SMILES string of the molecule is CN(C)C(=O)CCN1CC2CNCCN2C1=O. The van der Waals surface area contributed by atoms with E-state index in [2.05, 4.69) is 5.32 Å². The Morgan fingerprint density at radius 3 is 2.94 bits per heavy atom. The summed E-state index contributed by atoms with van der Waals surface area (Å²) in [6.07, 6.45) is 0.409. The van der Waals surface area contributed by atoms with Gasteiger partial charge in [-0.2, -0.15) is 0 Å². The third-order valence-corrected chi connectivity index (χ3v) is 3.39. The number of amides is 3. The van der Waals surface area contributed by atoms with Crippen molar-refractivity contribution in [3.8, 4) is 0 Å². The second-order valence-corrected chi connectivity index (χ2v) is 4.82. The lowest BCUT2D eigenvalue weighted by atomic mass is 10.2. The van der Waals surface area contributed by atoms with Crippen LogP contribution in [0.2, 0.25) is 0 Å². The van der Waals surface area contributed by atoms with Crippen molar-refractivity contribution in [2.75, 3.05) is 46.8 Å². The zero-order chi connectivity index (χ0) is 12.4. The first-order valence-electron chi connectivity index (χ1n) is 6.06. The molecule has 2 aliphatic heterocycles. The number of piperazine rings is 1. The van der Waals surface area contributed by atoms with E-state index in [-0.39, 0.29) is 18.0 Å². The van der Waals surface area contributed by atoms with E-state index in [1.54, 1.807) is 23.9 Å². The fourth-order valence-corrected chi connectivity index (χ4v) is 2.33. The lowest BCUT2D eigenvalue weighted by molar-refractivity contribution is -0.128. The van der Waals surface area contributed by atoms with Gasteiger partial charge in [-0.15, -0.1) is 0 Å². The summed E-state index contributed by atoms with van der Waals surface area (Å²) in [6, 6.07) is 0.369. The van der Waals surface area contributed by atoms with Crippen LogP contribution in [0.1, 0.15) is 6.42 Å². The molecule has 0 aromatic rings. The molecule has 0 aromatic heterocycles. The van der Waals surface area contributed by atoms with Gasteiger partial charge in [-0.05, 0) is 0 Å². The van der Waals surface area contributed by atoms with Crippen molar-refractivity contribution in [3.05, 3.63) is 0 Å². The van der Waals surface area contributed by atoms with Gasteiger partial charge in [-0.3, -0.25) is 4.79 Å². The maximum Gasteiger partial charge on any atom is 0.320 e. The van der Waals surface area contributed by atoms with Gasteiger partial charge in [-0.1, -0.05) is 0 Å². The summed E-state index contributed by atoms with van der Waals surface area (Å²) in [7, 11) is 3.47. The second kappa shape index (κ2) is 4.91. The lowest BCUT2D eigenvalue weighted by Crippen LogP contribution is -2.49.